The molecule has 4 amide bonds. The highest BCUT2D eigenvalue weighted by molar-refractivity contribution is 5.93. The van der Waals surface area contributed by atoms with Gasteiger partial charge in [0.25, 0.3) is 0 Å². The van der Waals surface area contributed by atoms with Gasteiger partial charge < -0.3 is 37.2 Å². The van der Waals surface area contributed by atoms with Crippen LogP contribution < -0.4 is 27.0 Å². The molecule has 0 aliphatic rings. The Balaban J connectivity index is 2.60. The smallest absolute Gasteiger partial charge is 0.328 e. The van der Waals surface area contributed by atoms with Gasteiger partial charge in [-0.25, -0.2) is 4.79 Å². The van der Waals surface area contributed by atoms with Crippen LogP contribution in [0.4, 0.5) is 0 Å². The van der Waals surface area contributed by atoms with Crippen LogP contribution in [0.2, 0.25) is 0 Å². The number of carboxylic acid groups (broad SMARTS) is 1. The standard InChI is InChI=1S/C21H29N5O7/c1-13(27)25-16(9-6-14-4-7-15(28)8-5-14)21(33)26-17(11-22)20(32)24-12-18(29)23-10-2-3-19(30)31/h2-5,7-8,16-17,28H,6,9-12,22H2,1H3,(H,23,29)(H,24,32)(H,25,27)(H,26,33)(H,30,31)/b3-2+/t16-,17-/m0/s1. The van der Waals surface area contributed by atoms with Gasteiger partial charge in [0.2, 0.25) is 23.6 Å². The maximum atomic E-state index is 12.7. The van der Waals surface area contributed by atoms with Crippen molar-refractivity contribution in [1.29, 1.82) is 0 Å². The summed E-state index contributed by atoms with van der Waals surface area (Å²) in [6.45, 7) is 0.586. The lowest BCUT2D eigenvalue weighted by Gasteiger charge is -2.22. The number of hydrogen-bond acceptors (Lipinski definition) is 7. The number of benzene rings is 1. The summed E-state index contributed by atoms with van der Waals surface area (Å²) in [4.78, 5) is 58.5. The summed E-state index contributed by atoms with van der Waals surface area (Å²) in [7, 11) is 0. The Bertz CT molecular complexity index is 870. The van der Waals surface area contributed by atoms with Crippen molar-refractivity contribution in [1.82, 2.24) is 21.3 Å². The monoisotopic (exact) mass is 463 g/mol. The summed E-state index contributed by atoms with van der Waals surface area (Å²) in [5.74, 6) is -3.34. The SMILES string of the molecule is CC(=O)N[C@@H](CCc1ccc(O)cc1)C(=O)N[C@@H](CN)C(=O)NCC(=O)NC/C=C/C(=O)O. The fourth-order valence-corrected chi connectivity index (χ4v) is 2.68. The number of phenolic OH excluding ortho intramolecular Hbond substituents is 1. The van der Waals surface area contributed by atoms with E-state index >= 15 is 0 Å². The Morgan fingerprint density at radius 2 is 1.67 bits per heavy atom. The van der Waals surface area contributed by atoms with Crippen LogP contribution in [-0.4, -0.2) is 71.5 Å². The third-order valence-electron chi connectivity index (χ3n) is 4.32. The molecule has 1 rings (SSSR count). The molecule has 2 atom stereocenters. The summed E-state index contributed by atoms with van der Waals surface area (Å²) in [6, 6.07) is 4.34. The summed E-state index contributed by atoms with van der Waals surface area (Å²) >= 11 is 0. The molecule has 0 unspecified atom stereocenters. The number of aliphatic carboxylic acids is 1. The van der Waals surface area contributed by atoms with Crippen molar-refractivity contribution in [3.63, 3.8) is 0 Å². The molecule has 33 heavy (non-hydrogen) atoms. The van der Waals surface area contributed by atoms with Gasteiger partial charge in [-0.05, 0) is 30.5 Å². The predicted molar refractivity (Wildman–Crippen MR) is 118 cm³/mol. The molecule has 0 radical (unpaired) electrons. The predicted octanol–water partition coefficient (Wildman–Crippen LogP) is -1.85. The number of carbonyl (C=O) groups excluding carboxylic acids is 4. The lowest BCUT2D eigenvalue weighted by molar-refractivity contribution is -0.132. The molecule has 0 heterocycles. The van der Waals surface area contributed by atoms with Gasteiger partial charge in [0.1, 0.15) is 17.8 Å². The van der Waals surface area contributed by atoms with Gasteiger partial charge in [-0.3, -0.25) is 19.2 Å². The molecule has 0 aliphatic carbocycles. The third-order valence-corrected chi connectivity index (χ3v) is 4.32. The molecule has 0 saturated carbocycles. The zero-order valence-corrected chi connectivity index (χ0v) is 18.2. The number of aromatic hydroxyl groups is 1. The molecule has 0 saturated heterocycles. The van der Waals surface area contributed by atoms with Crippen LogP contribution in [0.25, 0.3) is 0 Å². The summed E-state index contributed by atoms with van der Waals surface area (Å²) < 4.78 is 0. The van der Waals surface area contributed by atoms with Gasteiger partial charge in [0.15, 0.2) is 0 Å². The van der Waals surface area contributed by atoms with E-state index in [1.807, 2.05) is 0 Å². The topological polar surface area (TPSA) is 200 Å². The van der Waals surface area contributed by atoms with E-state index in [9.17, 15) is 29.1 Å². The van der Waals surface area contributed by atoms with Crippen LogP contribution in [0.3, 0.4) is 0 Å². The molecule has 0 bridgehead atoms. The molecule has 180 valence electrons. The number of carbonyl (C=O) groups is 5. The summed E-state index contributed by atoms with van der Waals surface area (Å²) in [5, 5.41) is 27.5. The molecule has 1 aromatic carbocycles. The highest BCUT2D eigenvalue weighted by atomic mass is 16.4. The molecular formula is C21H29N5O7. The van der Waals surface area contributed by atoms with E-state index in [2.05, 4.69) is 21.3 Å². The molecule has 0 aromatic heterocycles. The first-order valence-electron chi connectivity index (χ1n) is 10.1. The fraction of sp³-hybridized carbons (Fsp3) is 0.381. The van der Waals surface area contributed by atoms with Crippen molar-refractivity contribution in [2.45, 2.75) is 31.8 Å². The van der Waals surface area contributed by atoms with Crippen molar-refractivity contribution < 1.29 is 34.2 Å². The van der Waals surface area contributed by atoms with Gasteiger partial charge in [0, 0.05) is 26.1 Å². The van der Waals surface area contributed by atoms with Gasteiger partial charge in [0.05, 0.1) is 6.54 Å². The maximum absolute atomic E-state index is 12.7. The van der Waals surface area contributed by atoms with Crippen LogP contribution in [0.1, 0.15) is 18.9 Å². The number of aryl methyl sites for hydroxylation is 1. The quantitative estimate of drug-likeness (QED) is 0.165. The number of phenols is 1. The lowest BCUT2D eigenvalue weighted by Crippen LogP contribution is -2.56. The zero-order chi connectivity index (χ0) is 24.8. The second-order valence-corrected chi connectivity index (χ2v) is 7.02. The molecule has 0 spiro atoms. The molecule has 8 N–H and O–H groups in total. The minimum Gasteiger partial charge on any atom is -0.508 e. The van der Waals surface area contributed by atoms with Crippen LogP contribution in [-0.2, 0) is 30.4 Å². The molecule has 12 heteroatoms. The van der Waals surface area contributed by atoms with Crippen LogP contribution in [0.5, 0.6) is 5.75 Å². The lowest BCUT2D eigenvalue weighted by atomic mass is 10.0. The molecule has 0 aliphatic heterocycles. The molecular weight excluding hydrogens is 434 g/mol. The van der Waals surface area contributed by atoms with E-state index in [1.54, 1.807) is 12.1 Å². The molecule has 12 nitrogen and oxygen atoms in total. The maximum Gasteiger partial charge on any atom is 0.328 e. The van der Waals surface area contributed by atoms with Gasteiger partial charge in [-0.15, -0.1) is 0 Å². The number of carboxylic acids is 1. The van der Waals surface area contributed by atoms with E-state index in [1.165, 1.54) is 25.1 Å². The Labute approximate surface area is 190 Å². The largest absolute Gasteiger partial charge is 0.508 e. The highest BCUT2D eigenvalue weighted by Crippen LogP contribution is 2.12. The number of nitrogens with one attached hydrogen (secondary N) is 4. The van der Waals surface area contributed by atoms with Crippen LogP contribution in [0, 0.1) is 0 Å². The number of hydrogen-bond donors (Lipinski definition) is 7. The molecule has 0 fully saturated rings. The van der Waals surface area contributed by atoms with E-state index in [0.29, 0.717) is 6.42 Å². The van der Waals surface area contributed by atoms with E-state index < -0.39 is 48.2 Å². The van der Waals surface area contributed by atoms with Gasteiger partial charge >= 0.3 is 5.97 Å². The zero-order valence-electron chi connectivity index (χ0n) is 18.2. The second kappa shape index (κ2) is 14.2. The minimum absolute atomic E-state index is 0.0303. The fourth-order valence-electron chi connectivity index (χ4n) is 2.68. The highest BCUT2D eigenvalue weighted by Gasteiger charge is 2.25. The Kier molecular flexibility index (Phi) is 11.7. The number of nitrogens with two attached hydrogens (primary N) is 1. The van der Waals surface area contributed by atoms with Crippen LogP contribution in [0.15, 0.2) is 36.4 Å². The van der Waals surface area contributed by atoms with Crippen molar-refractivity contribution in [3.05, 3.63) is 42.0 Å². The third kappa shape index (κ3) is 11.3. The van der Waals surface area contributed by atoms with Crippen molar-refractivity contribution in [2.24, 2.45) is 5.73 Å². The van der Waals surface area contributed by atoms with Crippen molar-refractivity contribution in [2.75, 3.05) is 19.6 Å². The summed E-state index contributed by atoms with van der Waals surface area (Å²) in [6.07, 6.45) is 2.76. The summed E-state index contributed by atoms with van der Waals surface area (Å²) in [5.41, 5.74) is 6.42. The molecule has 1 aromatic rings. The van der Waals surface area contributed by atoms with Crippen molar-refractivity contribution in [3.8, 4) is 5.75 Å². The average Bonchev–Trinajstić information content (AvgIpc) is 2.76. The Morgan fingerprint density at radius 1 is 1.00 bits per heavy atom. The number of rotatable bonds is 13. The van der Waals surface area contributed by atoms with Gasteiger partial charge in [-0.1, -0.05) is 18.2 Å². The number of amides is 4. The van der Waals surface area contributed by atoms with E-state index in [-0.39, 0.29) is 25.3 Å². The van der Waals surface area contributed by atoms with Crippen molar-refractivity contribution >= 4 is 29.6 Å². The first kappa shape index (κ1) is 27.1. The first-order chi connectivity index (χ1) is 15.6. The second-order valence-electron chi connectivity index (χ2n) is 7.02. The Hall–Kier alpha value is -3.93. The average molecular weight is 463 g/mol. The Morgan fingerprint density at radius 3 is 2.24 bits per heavy atom. The minimum atomic E-state index is -1.15. The van der Waals surface area contributed by atoms with Crippen LogP contribution >= 0.6 is 0 Å². The normalized spacial score (nSPS) is 12.4. The first-order valence-corrected chi connectivity index (χ1v) is 10.1. The van der Waals surface area contributed by atoms with E-state index in [0.717, 1.165) is 11.6 Å². The van der Waals surface area contributed by atoms with Gasteiger partial charge in [-0.2, -0.15) is 0 Å². The van der Waals surface area contributed by atoms with E-state index in [4.69, 9.17) is 10.8 Å².